The van der Waals surface area contributed by atoms with Gasteiger partial charge in [0.25, 0.3) is 0 Å². The topological polar surface area (TPSA) is 29.9 Å². The molecule has 1 fully saturated rings. The summed E-state index contributed by atoms with van der Waals surface area (Å²) in [5, 5.41) is 8.92. The predicted octanol–water partition coefficient (Wildman–Crippen LogP) is 2.86. The van der Waals surface area contributed by atoms with Gasteiger partial charge in [-0.25, -0.2) is 0 Å². The SMILES string of the molecule is CSC1CCC(NCc2c(Br)c(C)nn2C)C1. The van der Waals surface area contributed by atoms with Crippen molar-refractivity contribution in [3.05, 3.63) is 15.9 Å². The van der Waals surface area contributed by atoms with E-state index in [1.165, 1.54) is 25.0 Å². The molecule has 0 aromatic carbocycles. The van der Waals surface area contributed by atoms with E-state index in [4.69, 9.17) is 0 Å². The van der Waals surface area contributed by atoms with Gasteiger partial charge in [0.05, 0.1) is 15.9 Å². The summed E-state index contributed by atoms with van der Waals surface area (Å²) in [4.78, 5) is 0. The van der Waals surface area contributed by atoms with Gasteiger partial charge in [0.15, 0.2) is 0 Å². The van der Waals surface area contributed by atoms with Crippen LogP contribution in [0.2, 0.25) is 0 Å². The van der Waals surface area contributed by atoms with E-state index in [1.807, 2.05) is 30.4 Å². The normalized spacial score (nSPS) is 24.5. The molecule has 1 aromatic rings. The van der Waals surface area contributed by atoms with Gasteiger partial charge in [0, 0.05) is 24.9 Å². The van der Waals surface area contributed by atoms with Crippen molar-refractivity contribution < 1.29 is 0 Å². The Morgan fingerprint density at radius 3 is 2.82 bits per heavy atom. The Bertz CT molecular complexity index is 391. The molecular formula is C12H20BrN3S. The number of aromatic nitrogens is 2. The quantitative estimate of drug-likeness (QED) is 0.926. The molecule has 1 saturated carbocycles. The summed E-state index contributed by atoms with van der Waals surface area (Å²) < 4.78 is 3.11. The summed E-state index contributed by atoms with van der Waals surface area (Å²) in [5.41, 5.74) is 2.31. The van der Waals surface area contributed by atoms with Crippen LogP contribution in [0.25, 0.3) is 0 Å². The molecular weight excluding hydrogens is 298 g/mol. The highest BCUT2D eigenvalue weighted by molar-refractivity contribution is 9.10. The van der Waals surface area contributed by atoms with Crippen LogP contribution in [0.1, 0.15) is 30.7 Å². The first kappa shape index (κ1) is 13.4. The zero-order chi connectivity index (χ0) is 12.4. The third-order valence-corrected chi connectivity index (χ3v) is 5.66. The third kappa shape index (κ3) is 3.06. The second-order valence-electron chi connectivity index (χ2n) is 4.72. The summed E-state index contributed by atoms with van der Waals surface area (Å²) in [5.74, 6) is 0. The van der Waals surface area contributed by atoms with Crippen LogP contribution in [-0.2, 0) is 13.6 Å². The van der Waals surface area contributed by atoms with Crippen LogP contribution < -0.4 is 5.32 Å². The zero-order valence-corrected chi connectivity index (χ0v) is 13.1. The highest BCUT2D eigenvalue weighted by Gasteiger charge is 2.23. The lowest BCUT2D eigenvalue weighted by atomic mass is 10.2. The van der Waals surface area contributed by atoms with Gasteiger partial charge in [-0.2, -0.15) is 16.9 Å². The highest BCUT2D eigenvalue weighted by atomic mass is 79.9. The third-order valence-electron chi connectivity index (χ3n) is 3.54. The van der Waals surface area contributed by atoms with Crippen molar-refractivity contribution >= 4 is 27.7 Å². The van der Waals surface area contributed by atoms with Crippen molar-refractivity contribution in [2.24, 2.45) is 7.05 Å². The fourth-order valence-corrected chi connectivity index (χ4v) is 3.73. The molecule has 96 valence electrons. The number of thioether (sulfide) groups is 1. The Labute approximate surface area is 116 Å². The Balaban J connectivity index is 1.90. The van der Waals surface area contributed by atoms with Gasteiger partial charge < -0.3 is 5.32 Å². The van der Waals surface area contributed by atoms with E-state index < -0.39 is 0 Å². The smallest absolute Gasteiger partial charge is 0.0739 e. The number of nitrogens with zero attached hydrogens (tertiary/aromatic N) is 2. The average Bonchev–Trinajstić information content (AvgIpc) is 2.84. The maximum absolute atomic E-state index is 4.41. The van der Waals surface area contributed by atoms with Gasteiger partial charge in [-0.05, 0) is 48.4 Å². The minimum absolute atomic E-state index is 0.676. The Kier molecular flexibility index (Phi) is 4.55. The second-order valence-corrected chi connectivity index (χ2v) is 6.65. The Morgan fingerprint density at radius 2 is 2.29 bits per heavy atom. The number of hydrogen-bond acceptors (Lipinski definition) is 3. The van der Waals surface area contributed by atoms with Crippen LogP contribution in [0.15, 0.2) is 4.47 Å². The summed E-state index contributed by atoms with van der Waals surface area (Å²) in [6, 6.07) is 0.676. The van der Waals surface area contributed by atoms with E-state index in [1.54, 1.807) is 0 Å². The molecule has 2 unspecified atom stereocenters. The van der Waals surface area contributed by atoms with Crippen molar-refractivity contribution in [2.45, 2.75) is 44.0 Å². The standard InChI is InChI=1S/C12H20BrN3S/c1-8-12(13)11(16(2)15-8)7-14-9-4-5-10(6-9)17-3/h9-10,14H,4-7H2,1-3H3. The molecule has 0 saturated heterocycles. The Hall–Kier alpha value is 0. The first-order valence-electron chi connectivity index (χ1n) is 6.06. The lowest BCUT2D eigenvalue weighted by Gasteiger charge is -2.13. The lowest BCUT2D eigenvalue weighted by molar-refractivity contribution is 0.507. The van der Waals surface area contributed by atoms with Crippen LogP contribution in [0, 0.1) is 6.92 Å². The van der Waals surface area contributed by atoms with Crippen LogP contribution in [0.3, 0.4) is 0 Å². The van der Waals surface area contributed by atoms with E-state index in [-0.39, 0.29) is 0 Å². The predicted molar refractivity (Wildman–Crippen MR) is 77.4 cm³/mol. The van der Waals surface area contributed by atoms with Gasteiger partial charge in [-0.1, -0.05) is 0 Å². The molecule has 1 aliphatic rings. The minimum atomic E-state index is 0.676. The number of halogens is 1. The molecule has 3 nitrogen and oxygen atoms in total. The summed E-state index contributed by atoms with van der Waals surface area (Å²) >= 11 is 5.61. The second kappa shape index (κ2) is 5.76. The van der Waals surface area contributed by atoms with Crippen LogP contribution in [-0.4, -0.2) is 27.3 Å². The van der Waals surface area contributed by atoms with E-state index in [0.717, 1.165) is 22.0 Å². The maximum Gasteiger partial charge on any atom is 0.0739 e. The fraction of sp³-hybridized carbons (Fsp3) is 0.750. The van der Waals surface area contributed by atoms with E-state index in [9.17, 15) is 0 Å². The number of aryl methyl sites for hydroxylation is 2. The van der Waals surface area contributed by atoms with E-state index >= 15 is 0 Å². The van der Waals surface area contributed by atoms with Crippen molar-refractivity contribution in [2.75, 3.05) is 6.26 Å². The summed E-state index contributed by atoms with van der Waals surface area (Å²) in [6.07, 6.45) is 6.17. The summed E-state index contributed by atoms with van der Waals surface area (Å²) in [6.45, 7) is 2.94. The van der Waals surface area contributed by atoms with Gasteiger partial charge in [0.1, 0.15) is 0 Å². The molecule has 2 rings (SSSR count). The van der Waals surface area contributed by atoms with Crippen molar-refractivity contribution in [3.63, 3.8) is 0 Å². The summed E-state index contributed by atoms with van der Waals surface area (Å²) in [7, 11) is 2.01. The molecule has 1 N–H and O–H groups in total. The molecule has 0 bridgehead atoms. The van der Waals surface area contributed by atoms with Gasteiger partial charge in [0.2, 0.25) is 0 Å². The van der Waals surface area contributed by atoms with Crippen LogP contribution in [0.5, 0.6) is 0 Å². The molecule has 1 heterocycles. The van der Waals surface area contributed by atoms with Crippen molar-refractivity contribution in [3.8, 4) is 0 Å². The molecule has 0 radical (unpaired) electrons. The molecule has 0 amide bonds. The maximum atomic E-state index is 4.41. The monoisotopic (exact) mass is 317 g/mol. The number of hydrogen-bond donors (Lipinski definition) is 1. The fourth-order valence-electron chi connectivity index (χ4n) is 2.45. The molecule has 1 aromatic heterocycles. The van der Waals surface area contributed by atoms with Gasteiger partial charge >= 0.3 is 0 Å². The van der Waals surface area contributed by atoms with Crippen LogP contribution >= 0.6 is 27.7 Å². The van der Waals surface area contributed by atoms with Crippen molar-refractivity contribution in [1.29, 1.82) is 0 Å². The van der Waals surface area contributed by atoms with Crippen molar-refractivity contribution in [1.82, 2.24) is 15.1 Å². The first-order valence-corrected chi connectivity index (χ1v) is 8.14. The molecule has 2 atom stereocenters. The lowest BCUT2D eigenvalue weighted by Crippen LogP contribution is -2.27. The molecule has 5 heteroatoms. The molecule has 0 aliphatic heterocycles. The average molecular weight is 318 g/mol. The van der Waals surface area contributed by atoms with Gasteiger partial charge in [-0.15, -0.1) is 0 Å². The van der Waals surface area contributed by atoms with Gasteiger partial charge in [-0.3, -0.25) is 4.68 Å². The van der Waals surface area contributed by atoms with E-state index in [2.05, 4.69) is 32.6 Å². The first-order chi connectivity index (χ1) is 8.11. The van der Waals surface area contributed by atoms with Crippen LogP contribution in [0.4, 0.5) is 0 Å². The Morgan fingerprint density at radius 1 is 1.53 bits per heavy atom. The largest absolute Gasteiger partial charge is 0.308 e. The zero-order valence-electron chi connectivity index (χ0n) is 10.7. The minimum Gasteiger partial charge on any atom is -0.308 e. The highest BCUT2D eigenvalue weighted by Crippen LogP contribution is 2.28. The molecule has 1 aliphatic carbocycles. The molecule has 0 spiro atoms. The molecule has 17 heavy (non-hydrogen) atoms. The van der Waals surface area contributed by atoms with E-state index in [0.29, 0.717) is 6.04 Å². The number of nitrogens with one attached hydrogen (secondary N) is 1. The number of rotatable bonds is 4.